The Balaban J connectivity index is 2.10. The highest BCUT2D eigenvalue weighted by atomic mass is 32.2. The average Bonchev–Trinajstić information content (AvgIpc) is 2.57. The Labute approximate surface area is 151 Å². The molecule has 1 aromatic carbocycles. The fourth-order valence-electron chi connectivity index (χ4n) is 2.15. The van der Waals surface area contributed by atoms with Crippen LogP contribution in [0.25, 0.3) is 0 Å². The van der Waals surface area contributed by atoms with Crippen LogP contribution in [0.15, 0.2) is 46.1 Å². The van der Waals surface area contributed by atoms with Gasteiger partial charge in [-0.2, -0.15) is 5.10 Å². The summed E-state index contributed by atoms with van der Waals surface area (Å²) in [6.07, 6.45) is 0. The van der Waals surface area contributed by atoms with Crippen LogP contribution in [0.3, 0.4) is 0 Å². The molecule has 26 heavy (non-hydrogen) atoms. The molecule has 1 atom stereocenters. The Morgan fingerprint density at radius 2 is 1.88 bits per heavy atom. The van der Waals surface area contributed by atoms with Crippen molar-refractivity contribution < 1.29 is 17.9 Å². The molecule has 0 aliphatic rings. The summed E-state index contributed by atoms with van der Waals surface area (Å²) < 4.78 is 32.9. The van der Waals surface area contributed by atoms with Crippen LogP contribution in [0.5, 0.6) is 0 Å². The molecule has 2 aromatic rings. The van der Waals surface area contributed by atoms with Crippen molar-refractivity contribution in [3.05, 3.63) is 52.4 Å². The maximum absolute atomic E-state index is 12.2. The van der Waals surface area contributed by atoms with Gasteiger partial charge in [0.15, 0.2) is 0 Å². The van der Waals surface area contributed by atoms with Crippen LogP contribution >= 0.6 is 0 Å². The van der Waals surface area contributed by atoms with Gasteiger partial charge in [-0.3, -0.25) is 9.59 Å². The lowest BCUT2D eigenvalue weighted by Gasteiger charge is -2.13. The van der Waals surface area contributed by atoms with Crippen LogP contribution < -0.4 is 15.6 Å². The second kappa shape index (κ2) is 8.21. The van der Waals surface area contributed by atoms with Crippen LogP contribution in [-0.2, 0) is 21.8 Å². The lowest BCUT2D eigenvalue weighted by molar-refractivity contribution is 0.102. The minimum atomic E-state index is -3.68. The Hall–Kier alpha value is -2.56. The van der Waals surface area contributed by atoms with E-state index in [0.29, 0.717) is 5.69 Å². The first-order chi connectivity index (χ1) is 12.2. The number of methoxy groups -OCH3 is 1. The molecule has 1 unspecified atom stereocenters. The molecular weight excluding hydrogens is 360 g/mol. The number of nitrogens with one attached hydrogen (secondary N) is 2. The van der Waals surface area contributed by atoms with Crippen molar-refractivity contribution in [3.63, 3.8) is 0 Å². The Morgan fingerprint density at radius 3 is 2.46 bits per heavy atom. The van der Waals surface area contributed by atoms with Crippen molar-refractivity contribution in [2.45, 2.75) is 17.9 Å². The molecule has 1 heterocycles. The van der Waals surface area contributed by atoms with Gasteiger partial charge < -0.3 is 10.1 Å². The van der Waals surface area contributed by atoms with Gasteiger partial charge >= 0.3 is 0 Å². The standard InChI is InChI=1S/C16H20N4O5S/c1-11(10-25-3)19-26(23,24)13-6-4-12(5-7-13)17-16(22)14-8-9-15(21)20(2)18-14/h4-9,11,19H,10H2,1-3H3,(H,17,22). The molecule has 9 nitrogen and oxygen atoms in total. The van der Waals surface area contributed by atoms with E-state index in [1.165, 1.54) is 50.6 Å². The van der Waals surface area contributed by atoms with E-state index in [1.54, 1.807) is 6.92 Å². The Bertz CT molecular complexity index is 938. The van der Waals surface area contributed by atoms with Gasteiger partial charge in [0.05, 0.1) is 11.5 Å². The van der Waals surface area contributed by atoms with Gasteiger partial charge in [0.1, 0.15) is 5.69 Å². The first kappa shape index (κ1) is 19.8. The molecule has 0 spiro atoms. The van der Waals surface area contributed by atoms with Crippen molar-refractivity contribution in [1.29, 1.82) is 0 Å². The molecular formula is C16H20N4O5S. The third kappa shape index (κ3) is 4.97. The fraction of sp³-hybridized carbons (Fsp3) is 0.312. The van der Waals surface area contributed by atoms with Crippen LogP contribution in [0.1, 0.15) is 17.4 Å². The van der Waals surface area contributed by atoms with Gasteiger partial charge in [0.25, 0.3) is 11.5 Å². The molecule has 10 heteroatoms. The molecule has 0 radical (unpaired) electrons. The van der Waals surface area contributed by atoms with Crippen molar-refractivity contribution in [2.24, 2.45) is 7.05 Å². The van der Waals surface area contributed by atoms with Gasteiger partial charge in [-0.1, -0.05) is 0 Å². The van der Waals surface area contributed by atoms with Crippen LogP contribution in [-0.4, -0.2) is 43.9 Å². The van der Waals surface area contributed by atoms with Gasteiger partial charge in [-0.15, -0.1) is 0 Å². The summed E-state index contributed by atoms with van der Waals surface area (Å²) in [5, 5.41) is 6.44. The number of hydrogen-bond donors (Lipinski definition) is 2. The smallest absolute Gasteiger partial charge is 0.276 e. The molecule has 0 bridgehead atoms. The van der Waals surface area contributed by atoms with E-state index >= 15 is 0 Å². The number of carbonyl (C=O) groups excluding carboxylic acids is 1. The van der Waals surface area contributed by atoms with E-state index in [9.17, 15) is 18.0 Å². The largest absolute Gasteiger partial charge is 0.383 e. The first-order valence-corrected chi connectivity index (χ1v) is 9.18. The molecule has 1 amide bonds. The highest BCUT2D eigenvalue weighted by Gasteiger charge is 2.17. The summed E-state index contributed by atoms with van der Waals surface area (Å²) in [7, 11) is -0.754. The number of nitrogens with zero attached hydrogens (tertiary/aromatic N) is 2. The monoisotopic (exact) mass is 380 g/mol. The number of anilines is 1. The maximum Gasteiger partial charge on any atom is 0.276 e. The fourth-order valence-corrected chi connectivity index (χ4v) is 3.38. The minimum absolute atomic E-state index is 0.0682. The predicted molar refractivity (Wildman–Crippen MR) is 95.5 cm³/mol. The number of rotatable bonds is 7. The number of aryl methyl sites for hydroxylation is 1. The van der Waals surface area contributed by atoms with E-state index < -0.39 is 15.9 Å². The Morgan fingerprint density at radius 1 is 1.23 bits per heavy atom. The van der Waals surface area contributed by atoms with E-state index in [2.05, 4.69) is 15.1 Å². The van der Waals surface area contributed by atoms with Crippen molar-refractivity contribution in [2.75, 3.05) is 19.0 Å². The van der Waals surface area contributed by atoms with Crippen LogP contribution in [0.4, 0.5) is 5.69 Å². The number of ether oxygens (including phenoxy) is 1. The maximum atomic E-state index is 12.2. The average molecular weight is 380 g/mol. The second-order valence-electron chi connectivity index (χ2n) is 5.64. The summed E-state index contributed by atoms with van der Waals surface area (Å²) in [4.78, 5) is 23.5. The second-order valence-corrected chi connectivity index (χ2v) is 7.35. The number of amides is 1. The summed E-state index contributed by atoms with van der Waals surface area (Å²) in [6, 6.07) is 7.88. The van der Waals surface area contributed by atoms with E-state index in [1.807, 2.05) is 0 Å². The minimum Gasteiger partial charge on any atom is -0.383 e. The summed E-state index contributed by atoms with van der Waals surface area (Å²) in [6.45, 7) is 1.94. The topological polar surface area (TPSA) is 119 Å². The Kier molecular flexibility index (Phi) is 6.24. The zero-order valence-electron chi connectivity index (χ0n) is 14.6. The van der Waals surface area contributed by atoms with Gasteiger partial charge in [0, 0.05) is 32.0 Å². The third-order valence-corrected chi connectivity index (χ3v) is 4.99. The van der Waals surface area contributed by atoms with E-state index in [-0.39, 0.29) is 28.8 Å². The number of aromatic nitrogens is 2. The molecule has 0 saturated heterocycles. The molecule has 0 aliphatic carbocycles. The van der Waals surface area contributed by atoms with Crippen molar-refractivity contribution >= 4 is 21.6 Å². The van der Waals surface area contributed by atoms with Crippen molar-refractivity contribution in [1.82, 2.24) is 14.5 Å². The lowest BCUT2D eigenvalue weighted by Crippen LogP contribution is -2.35. The summed E-state index contributed by atoms with van der Waals surface area (Å²) in [5.41, 5.74) is 0.139. The quantitative estimate of drug-likeness (QED) is 0.715. The first-order valence-electron chi connectivity index (χ1n) is 7.70. The van der Waals surface area contributed by atoms with Crippen LogP contribution in [0, 0.1) is 0 Å². The molecule has 0 aliphatic heterocycles. The van der Waals surface area contributed by atoms with E-state index in [4.69, 9.17) is 4.74 Å². The highest BCUT2D eigenvalue weighted by molar-refractivity contribution is 7.89. The van der Waals surface area contributed by atoms with Crippen molar-refractivity contribution in [3.8, 4) is 0 Å². The molecule has 0 fully saturated rings. The lowest BCUT2D eigenvalue weighted by atomic mass is 10.3. The SMILES string of the molecule is COCC(C)NS(=O)(=O)c1ccc(NC(=O)c2ccc(=O)n(C)n2)cc1. The number of carbonyl (C=O) groups is 1. The molecule has 2 rings (SSSR count). The number of hydrogen-bond acceptors (Lipinski definition) is 6. The molecule has 140 valence electrons. The highest BCUT2D eigenvalue weighted by Crippen LogP contribution is 2.15. The van der Waals surface area contributed by atoms with Gasteiger partial charge in [-0.25, -0.2) is 17.8 Å². The predicted octanol–water partition coefficient (Wildman–Crippen LogP) is 0.346. The summed E-state index contributed by atoms with van der Waals surface area (Å²) in [5.74, 6) is -0.511. The normalized spacial score (nSPS) is 12.6. The molecule has 2 N–H and O–H groups in total. The molecule has 1 aromatic heterocycles. The molecule has 0 saturated carbocycles. The zero-order chi connectivity index (χ0) is 19.3. The van der Waals surface area contributed by atoms with Gasteiger partial charge in [0.2, 0.25) is 10.0 Å². The van der Waals surface area contributed by atoms with E-state index in [0.717, 1.165) is 4.68 Å². The van der Waals surface area contributed by atoms with Crippen LogP contribution in [0.2, 0.25) is 0 Å². The summed E-state index contributed by atoms with van der Waals surface area (Å²) >= 11 is 0. The zero-order valence-corrected chi connectivity index (χ0v) is 15.4. The number of sulfonamides is 1. The number of benzene rings is 1. The van der Waals surface area contributed by atoms with Gasteiger partial charge in [-0.05, 0) is 37.3 Å². The third-order valence-electron chi connectivity index (χ3n) is 3.39.